The Kier molecular flexibility index (Phi) is 10.2. The number of aromatic nitrogens is 1. The van der Waals surface area contributed by atoms with Gasteiger partial charge >= 0.3 is 5.97 Å². The predicted octanol–water partition coefficient (Wildman–Crippen LogP) is 3.49. The van der Waals surface area contributed by atoms with Crippen LogP contribution in [0.1, 0.15) is 49.8 Å². The fourth-order valence-electron chi connectivity index (χ4n) is 5.74. The van der Waals surface area contributed by atoms with E-state index in [0.717, 1.165) is 43.6 Å². The Morgan fingerprint density at radius 3 is 2.59 bits per heavy atom. The van der Waals surface area contributed by atoms with Crippen LogP contribution in [0.5, 0.6) is 11.5 Å². The summed E-state index contributed by atoms with van der Waals surface area (Å²) in [6.07, 6.45) is 5.89. The van der Waals surface area contributed by atoms with Gasteiger partial charge in [-0.1, -0.05) is 25.5 Å². The molecule has 3 heterocycles. The van der Waals surface area contributed by atoms with Gasteiger partial charge in [0.15, 0.2) is 11.5 Å². The fourth-order valence-corrected chi connectivity index (χ4v) is 5.74. The summed E-state index contributed by atoms with van der Waals surface area (Å²) in [6.45, 7) is 5.35. The Labute approximate surface area is 231 Å². The second kappa shape index (κ2) is 13.8. The molecule has 0 bridgehead atoms. The largest absolute Gasteiger partial charge is 0.481 e. The van der Waals surface area contributed by atoms with Gasteiger partial charge in [0.25, 0.3) is 0 Å². The minimum absolute atomic E-state index is 0.0699. The molecule has 212 valence electrons. The molecule has 1 aromatic carbocycles. The minimum atomic E-state index is -0.840. The summed E-state index contributed by atoms with van der Waals surface area (Å²) in [6, 6.07) is 11.2. The van der Waals surface area contributed by atoms with Crippen molar-refractivity contribution in [2.45, 2.75) is 51.0 Å². The molecule has 3 unspecified atom stereocenters. The molecule has 39 heavy (non-hydrogen) atoms. The molecular formula is C30H42N4O5. The SMILES string of the molecule is CCCCN(CCCN(C)C)C(=O)CN1CC(c2ccc3c(c2)OCO3)C(C(=O)O)C1CCc1ccccn1. The Morgan fingerprint density at radius 2 is 1.87 bits per heavy atom. The van der Waals surface area contributed by atoms with E-state index in [1.54, 1.807) is 6.20 Å². The Bertz CT molecular complexity index is 1100. The van der Waals surface area contributed by atoms with Crippen LogP contribution in [0.2, 0.25) is 0 Å². The zero-order valence-corrected chi connectivity index (χ0v) is 23.4. The first-order chi connectivity index (χ1) is 18.9. The summed E-state index contributed by atoms with van der Waals surface area (Å²) in [5.74, 6) is -0.376. The number of fused-ring (bicyclic) bond motifs is 1. The summed E-state index contributed by atoms with van der Waals surface area (Å²) in [5, 5.41) is 10.5. The van der Waals surface area contributed by atoms with E-state index >= 15 is 0 Å². The van der Waals surface area contributed by atoms with Crippen molar-refractivity contribution < 1.29 is 24.2 Å². The summed E-state index contributed by atoms with van der Waals surface area (Å²) in [5.41, 5.74) is 1.82. The van der Waals surface area contributed by atoms with Gasteiger partial charge in [0.05, 0.1) is 12.5 Å². The number of carbonyl (C=O) groups is 2. The van der Waals surface area contributed by atoms with Crippen molar-refractivity contribution in [2.24, 2.45) is 5.92 Å². The first-order valence-corrected chi connectivity index (χ1v) is 14.1. The molecular weight excluding hydrogens is 496 g/mol. The number of aryl methyl sites for hydroxylation is 1. The lowest BCUT2D eigenvalue weighted by Gasteiger charge is -2.30. The zero-order chi connectivity index (χ0) is 27.8. The molecule has 3 atom stereocenters. The Balaban J connectivity index is 1.56. The highest BCUT2D eigenvalue weighted by Gasteiger charge is 2.47. The molecule has 2 aliphatic heterocycles. The van der Waals surface area contributed by atoms with Crippen LogP contribution in [0.4, 0.5) is 0 Å². The Hall–Kier alpha value is -3.17. The van der Waals surface area contributed by atoms with Crippen molar-refractivity contribution in [1.82, 2.24) is 19.7 Å². The maximum Gasteiger partial charge on any atom is 0.308 e. The number of carboxylic acid groups (broad SMARTS) is 1. The number of rotatable bonds is 14. The van der Waals surface area contributed by atoms with Crippen LogP contribution in [0, 0.1) is 5.92 Å². The second-order valence-electron chi connectivity index (χ2n) is 10.8. The Morgan fingerprint density at radius 1 is 1.08 bits per heavy atom. The number of likely N-dealkylation sites (tertiary alicyclic amines) is 1. The van der Waals surface area contributed by atoms with E-state index in [9.17, 15) is 14.7 Å². The van der Waals surface area contributed by atoms with Gasteiger partial charge in [0.1, 0.15) is 0 Å². The van der Waals surface area contributed by atoms with Crippen molar-refractivity contribution in [3.8, 4) is 11.5 Å². The molecule has 0 radical (unpaired) electrons. The molecule has 0 aliphatic carbocycles. The monoisotopic (exact) mass is 538 g/mol. The summed E-state index contributed by atoms with van der Waals surface area (Å²) in [4.78, 5) is 37.0. The van der Waals surface area contributed by atoms with Crippen LogP contribution in [-0.4, -0.2) is 96.3 Å². The maximum absolute atomic E-state index is 13.6. The molecule has 9 heteroatoms. The van der Waals surface area contributed by atoms with Gasteiger partial charge in [-0.15, -0.1) is 0 Å². The number of aliphatic carboxylic acids is 1. The van der Waals surface area contributed by atoms with Crippen molar-refractivity contribution in [3.63, 3.8) is 0 Å². The average Bonchev–Trinajstić information content (AvgIpc) is 3.54. The number of hydrogen-bond donors (Lipinski definition) is 1. The van der Waals surface area contributed by atoms with Crippen molar-refractivity contribution in [1.29, 1.82) is 0 Å². The smallest absolute Gasteiger partial charge is 0.308 e. The first-order valence-electron chi connectivity index (χ1n) is 14.1. The molecule has 2 aliphatic rings. The van der Waals surface area contributed by atoms with E-state index in [1.165, 1.54) is 0 Å². The number of nitrogens with zero attached hydrogens (tertiary/aromatic N) is 4. The fraction of sp³-hybridized carbons (Fsp3) is 0.567. The molecule has 2 aromatic rings. The number of hydrogen-bond acceptors (Lipinski definition) is 7. The van der Waals surface area contributed by atoms with Crippen LogP contribution in [-0.2, 0) is 16.0 Å². The third-order valence-corrected chi connectivity index (χ3v) is 7.79. The van der Waals surface area contributed by atoms with Gasteiger partial charge in [0, 0.05) is 43.5 Å². The highest BCUT2D eigenvalue weighted by atomic mass is 16.7. The van der Waals surface area contributed by atoms with Crippen molar-refractivity contribution >= 4 is 11.9 Å². The van der Waals surface area contributed by atoms with Crippen LogP contribution >= 0.6 is 0 Å². The highest BCUT2D eigenvalue weighted by Crippen LogP contribution is 2.43. The zero-order valence-electron chi connectivity index (χ0n) is 23.4. The first kappa shape index (κ1) is 28.8. The van der Waals surface area contributed by atoms with E-state index in [-0.39, 0.29) is 31.2 Å². The summed E-state index contributed by atoms with van der Waals surface area (Å²) >= 11 is 0. The van der Waals surface area contributed by atoms with Crippen LogP contribution in [0.3, 0.4) is 0 Å². The number of amides is 1. The molecule has 1 aromatic heterocycles. The number of benzene rings is 1. The lowest BCUT2D eigenvalue weighted by atomic mass is 9.83. The van der Waals surface area contributed by atoms with Gasteiger partial charge in [-0.3, -0.25) is 19.5 Å². The average molecular weight is 539 g/mol. The van der Waals surface area contributed by atoms with Crippen LogP contribution in [0.25, 0.3) is 0 Å². The molecule has 1 saturated heterocycles. The topological polar surface area (TPSA) is 95.4 Å². The van der Waals surface area contributed by atoms with E-state index in [0.29, 0.717) is 37.4 Å². The maximum atomic E-state index is 13.6. The molecule has 0 saturated carbocycles. The predicted molar refractivity (Wildman–Crippen MR) is 149 cm³/mol. The van der Waals surface area contributed by atoms with E-state index in [4.69, 9.17) is 9.47 Å². The van der Waals surface area contributed by atoms with Crippen LogP contribution in [0.15, 0.2) is 42.6 Å². The minimum Gasteiger partial charge on any atom is -0.481 e. The normalized spacial score (nSPS) is 20.5. The second-order valence-corrected chi connectivity index (χ2v) is 10.8. The number of ether oxygens (including phenoxy) is 2. The molecule has 1 amide bonds. The van der Waals surface area contributed by atoms with Gasteiger partial charge in [0.2, 0.25) is 12.7 Å². The third-order valence-electron chi connectivity index (χ3n) is 7.79. The lowest BCUT2D eigenvalue weighted by Crippen LogP contribution is -2.45. The molecule has 1 N–H and O–H groups in total. The van der Waals surface area contributed by atoms with Crippen LogP contribution < -0.4 is 9.47 Å². The standard InChI is InChI=1S/C30H42N4O5/c1-4-5-16-33(17-8-15-32(2)3)28(35)20-34-19-24(22-10-13-26-27(18-22)39-21-38-26)29(30(36)37)25(34)12-11-23-9-6-7-14-31-23/h6-7,9-10,13-14,18,24-25,29H,4-5,8,11-12,15-17,19-21H2,1-3H3,(H,36,37). The molecule has 1 fully saturated rings. The summed E-state index contributed by atoms with van der Waals surface area (Å²) < 4.78 is 11.1. The molecule has 4 rings (SSSR count). The van der Waals surface area contributed by atoms with Gasteiger partial charge < -0.3 is 24.4 Å². The molecule has 9 nitrogen and oxygen atoms in total. The van der Waals surface area contributed by atoms with E-state index < -0.39 is 11.9 Å². The van der Waals surface area contributed by atoms with Gasteiger partial charge in [-0.05, 0) is 76.2 Å². The number of carboxylic acids is 1. The third kappa shape index (κ3) is 7.48. The number of pyridine rings is 1. The van der Waals surface area contributed by atoms with Gasteiger partial charge in [-0.25, -0.2) is 0 Å². The number of unbranched alkanes of at least 4 members (excludes halogenated alkanes) is 1. The highest BCUT2D eigenvalue weighted by molar-refractivity contribution is 5.79. The van der Waals surface area contributed by atoms with E-state index in [1.807, 2.05) is 55.4 Å². The number of carbonyl (C=O) groups excluding carboxylic acids is 1. The molecule has 0 spiro atoms. The van der Waals surface area contributed by atoms with Crippen molar-refractivity contribution in [2.75, 3.05) is 53.6 Å². The lowest BCUT2D eigenvalue weighted by molar-refractivity contribution is -0.143. The van der Waals surface area contributed by atoms with E-state index in [2.05, 4.69) is 21.7 Å². The summed E-state index contributed by atoms with van der Waals surface area (Å²) in [7, 11) is 4.08. The van der Waals surface area contributed by atoms with Crippen molar-refractivity contribution in [3.05, 3.63) is 53.9 Å². The quantitative estimate of drug-likeness (QED) is 0.391. The van der Waals surface area contributed by atoms with Gasteiger partial charge in [-0.2, -0.15) is 0 Å².